The summed E-state index contributed by atoms with van der Waals surface area (Å²) in [6.07, 6.45) is 1.50. The third-order valence-electron chi connectivity index (χ3n) is 4.72. The number of aryl methyl sites for hydroxylation is 1. The predicted octanol–water partition coefficient (Wildman–Crippen LogP) is 4.57. The highest BCUT2D eigenvalue weighted by Gasteiger charge is 2.21. The van der Waals surface area contributed by atoms with Crippen LogP contribution in [0.5, 0.6) is 5.75 Å². The molecule has 0 saturated heterocycles. The minimum atomic E-state index is -0.587. The van der Waals surface area contributed by atoms with Crippen molar-refractivity contribution in [3.8, 4) is 11.4 Å². The van der Waals surface area contributed by atoms with Gasteiger partial charge in [0, 0.05) is 5.69 Å². The number of nitrogens with zero attached hydrogens (tertiary/aromatic N) is 2. The minimum absolute atomic E-state index is 0.00559. The van der Waals surface area contributed by atoms with Crippen LogP contribution in [-0.4, -0.2) is 28.1 Å². The van der Waals surface area contributed by atoms with Gasteiger partial charge >= 0.3 is 0 Å². The number of hydrogen-bond acceptors (Lipinski definition) is 4. The Labute approximate surface area is 184 Å². The molecular weight excluding hydrogens is 409 g/mol. The van der Waals surface area contributed by atoms with Gasteiger partial charge in [0.05, 0.1) is 17.4 Å². The number of ether oxygens (including phenoxy) is 1. The van der Waals surface area contributed by atoms with Crippen LogP contribution < -0.4 is 10.1 Å². The zero-order valence-corrected chi connectivity index (χ0v) is 17.3. The normalized spacial score (nSPS) is 10.6. The van der Waals surface area contributed by atoms with Gasteiger partial charge in [-0.15, -0.1) is 0 Å². The molecule has 0 radical (unpaired) electrons. The Balaban J connectivity index is 1.55. The molecule has 160 valence electrons. The van der Waals surface area contributed by atoms with Crippen LogP contribution in [0.4, 0.5) is 10.1 Å². The second-order valence-corrected chi connectivity index (χ2v) is 7.14. The number of para-hydroxylation sites is 1. The number of aromatic nitrogens is 2. The lowest BCUT2D eigenvalue weighted by Gasteiger charge is -2.12. The average molecular weight is 429 g/mol. The molecule has 32 heavy (non-hydrogen) atoms. The summed E-state index contributed by atoms with van der Waals surface area (Å²) in [4.78, 5) is 25.5. The van der Waals surface area contributed by atoms with E-state index in [0.717, 1.165) is 11.6 Å². The van der Waals surface area contributed by atoms with Gasteiger partial charge in [-0.2, -0.15) is 5.10 Å². The second-order valence-electron chi connectivity index (χ2n) is 7.14. The Bertz CT molecular complexity index is 1270. The van der Waals surface area contributed by atoms with Crippen LogP contribution in [0.15, 0.2) is 85.1 Å². The molecule has 3 aromatic carbocycles. The molecule has 0 fully saturated rings. The van der Waals surface area contributed by atoms with Crippen molar-refractivity contribution in [1.29, 1.82) is 0 Å². The maximum Gasteiger partial charge on any atom is 0.262 e. The van der Waals surface area contributed by atoms with Gasteiger partial charge in [-0.05, 0) is 61.0 Å². The Morgan fingerprint density at radius 2 is 1.81 bits per heavy atom. The topological polar surface area (TPSA) is 73.2 Å². The van der Waals surface area contributed by atoms with Crippen molar-refractivity contribution in [1.82, 2.24) is 9.78 Å². The standard InChI is InChI=1S/C25H20FN3O3/c1-17-6-5-7-19(14-17)28-24(30)16-32-23-11-10-18(26)15-21(23)25(31)22-12-13-27-29(22)20-8-3-2-4-9-20/h2-15H,16H2,1H3,(H,28,30). The molecule has 1 heterocycles. The third-order valence-corrected chi connectivity index (χ3v) is 4.72. The molecule has 0 aliphatic heterocycles. The molecule has 7 heteroatoms. The summed E-state index contributed by atoms with van der Waals surface area (Å²) in [5.74, 6) is -1.35. The van der Waals surface area contributed by atoms with Crippen LogP contribution in [0, 0.1) is 12.7 Å². The Kier molecular flexibility index (Phi) is 6.07. The van der Waals surface area contributed by atoms with Gasteiger partial charge in [-0.3, -0.25) is 9.59 Å². The van der Waals surface area contributed by atoms with E-state index in [1.807, 2.05) is 55.5 Å². The van der Waals surface area contributed by atoms with E-state index in [1.165, 1.54) is 23.0 Å². The molecule has 0 aliphatic rings. The van der Waals surface area contributed by atoms with Crippen LogP contribution in [-0.2, 0) is 4.79 Å². The van der Waals surface area contributed by atoms with E-state index in [9.17, 15) is 14.0 Å². The molecular formula is C25H20FN3O3. The number of hydrogen-bond donors (Lipinski definition) is 1. The summed E-state index contributed by atoms with van der Waals surface area (Å²) in [7, 11) is 0. The number of benzene rings is 3. The first kappa shape index (κ1) is 21.0. The number of carbonyl (C=O) groups excluding carboxylic acids is 2. The van der Waals surface area contributed by atoms with Crippen LogP contribution in [0.2, 0.25) is 0 Å². The van der Waals surface area contributed by atoms with Gasteiger partial charge < -0.3 is 10.1 Å². The van der Waals surface area contributed by atoms with E-state index in [-0.39, 0.29) is 23.6 Å². The lowest BCUT2D eigenvalue weighted by Crippen LogP contribution is -2.21. The number of ketones is 1. The fourth-order valence-corrected chi connectivity index (χ4v) is 3.26. The van der Waals surface area contributed by atoms with Crippen LogP contribution in [0.1, 0.15) is 21.6 Å². The summed E-state index contributed by atoms with van der Waals surface area (Å²) in [6, 6.07) is 21.6. The van der Waals surface area contributed by atoms with E-state index < -0.39 is 17.5 Å². The van der Waals surface area contributed by atoms with Gasteiger partial charge in [0.15, 0.2) is 6.61 Å². The fraction of sp³-hybridized carbons (Fsp3) is 0.0800. The van der Waals surface area contributed by atoms with Crippen LogP contribution >= 0.6 is 0 Å². The third kappa shape index (κ3) is 4.73. The maximum absolute atomic E-state index is 14.0. The molecule has 0 spiro atoms. The zero-order valence-electron chi connectivity index (χ0n) is 17.3. The quantitative estimate of drug-likeness (QED) is 0.437. The molecule has 1 aromatic heterocycles. The van der Waals surface area contributed by atoms with Crippen molar-refractivity contribution in [2.75, 3.05) is 11.9 Å². The lowest BCUT2D eigenvalue weighted by atomic mass is 10.1. The zero-order chi connectivity index (χ0) is 22.5. The molecule has 6 nitrogen and oxygen atoms in total. The lowest BCUT2D eigenvalue weighted by molar-refractivity contribution is -0.118. The summed E-state index contributed by atoms with van der Waals surface area (Å²) in [5, 5.41) is 6.94. The first-order chi connectivity index (χ1) is 15.5. The van der Waals surface area contributed by atoms with Gasteiger partial charge in [0.25, 0.3) is 5.91 Å². The molecule has 4 aromatic rings. The molecule has 0 bridgehead atoms. The summed E-state index contributed by atoms with van der Waals surface area (Å²) in [5.41, 5.74) is 2.59. The largest absolute Gasteiger partial charge is 0.483 e. The maximum atomic E-state index is 14.0. The molecule has 1 N–H and O–H groups in total. The number of carbonyl (C=O) groups is 2. The number of anilines is 1. The molecule has 1 amide bonds. The number of nitrogens with one attached hydrogen (secondary N) is 1. The first-order valence-electron chi connectivity index (χ1n) is 9.94. The smallest absolute Gasteiger partial charge is 0.262 e. The van der Waals surface area contributed by atoms with Gasteiger partial charge in [-0.1, -0.05) is 30.3 Å². The highest BCUT2D eigenvalue weighted by Crippen LogP contribution is 2.24. The molecule has 0 unspecified atom stereocenters. The summed E-state index contributed by atoms with van der Waals surface area (Å²) >= 11 is 0. The van der Waals surface area contributed by atoms with Crippen molar-refractivity contribution in [2.24, 2.45) is 0 Å². The number of halogens is 1. The Hall–Kier alpha value is -4.26. The van der Waals surface area contributed by atoms with Crippen molar-refractivity contribution >= 4 is 17.4 Å². The number of rotatable bonds is 7. The van der Waals surface area contributed by atoms with Gasteiger partial charge in [0.2, 0.25) is 5.78 Å². The van der Waals surface area contributed by atoms with Crippen LogP contribution in [0.25, 0.3) is 5.69 Å². The first-order valence-corrected chi connectivity index (χ1v) is 9.94. The van der Waals surface area contributed by atoms with E-state index >= 15 is 0 Å². The number of amides is 1. The SMILES string of the molecule is Cc1cccc(NC(=O)COc2ccc(F)cc2C(=O)c2ccnn2-c2ccccc2)c1. The highest BCUT2D eigenvalue weighted by molar-refractivity contribution is 6.10. The predicted molar refractivity (Wildman–Crippen MR) is 119 cm³/mol. The second kappa shape index (κ2) is 9.26. The van der Waals surface area contributed by atoms with E-state index in [1.54, 1.807) is 12.1 Å². The Morgan fingerprint density at radius 1 is 1.00 bits per heavy atom. The van der Waals surface area contributed by atoms with Crippen molar-refractivity contribution < 1.29 is 18.7 Å². The van der Waals surface area contributed by atoms with Crippen molar-refractivity contribution in [3.63, 3.8) is 0 Å². The average Bonchev–Trinajstić information content (AvgIpc) is 3.28. The minimum Gasteiger partial charge on any atom is -0.483 e. The van der Waals surface area contributed by atoms with E-state index in [2.05, 4.69) is 10.4 Å². The van der Waals surface area contributed by atoms with Gasteiger partial charge in [0.1, 0.15) is 17.3 Å². The van der Waals surface area contributed by atoms with Gasteiger partial charge in [-0.25, -0.2) is 9.07 Å². The van der Waals surface area contributed by atoms with E-state index in [0.29, 0.717) is 11.4 Å². The molecule has 0 aliphatic carbocycles. The summed E-state index contributed by atoms with van der Waals surface area (Å²) < 4.78 is 21.1. The fourth-order valence-electron chi connectivity index (χ4n) is 3.26. The highest BCUT2D eigenvalue weighted by atomic mass is 19.1. The molecule has 4 rings (SSSR count). The molecule has 0 saturated carbocycles. The van der Waals surface area contributed by atoms with E-state index in [4.69, 9.17) is 4.74 Å². The van der Waals surface area contributed by atoms with Crippen molar-refractivity contribution in [3.05, 3.63) is 108 Å². The Morgan fingerprint density at radius 3 is 2.59 bits per heavy atom. The van der Waals surface area contributed by atoms with Crippen molar-refractivity contribution in [2.45, 2.75) is 6.92 Å². The van der Waals surface area contributed by atoms with Crippen LogP contribution in [0.3, 0.4) is 0 Å². The monoisotopic (exact) mass is 429 g/mol. The molecule has 0 atom stereocenters. The summed E-state index contributed by atoms with van der Waals surface area (Å²) in [6.45, 7) is 1.58.